The molecule has 0 aliphatic carbocycles. The van der Waals surface area contributed by atoms with Crippen molar-refractivity contribution in [1.82, 2.24) is 29.8 Å². The fraction of sp³-hybridized carbons (Fsp3) is 0.429. The van der Waals surface area contributed by atoms with Gasteiger partial charge in [-0.25, -0.2) is 9.67 Å². The predicted octanol–water partition coefficient (Wildman–Crippen LogP) is 7.89. The highest BCUT2D eigenvalue weighted by atomic mass is 28.4. The number of aromatic nitrogens is 6. The lowest BCUT2D eigenvalue weighted by atomic mass is 10.1. The van der Waals surface area contributed by atoms with Gasteiger partial charge in [0.1, 0.15) is 5.82 Å². The van der Waals surface area contributed by atoms with Gasteiger partial charge in [-0.1, -0.05) is 20.8 Å². The Morgan fingerprint density at radius 3 is 2.21 bits per heavy atom. The average Bonchev–Trinajstić information content (AvgIpc) is 3.58. The van der Waals surface area contributed by atoms with Crippen LogP contribution in [0.5, 0.6) is 0 Å². The maximum atomic E-state index is 14.0. The topological polar surface area (TPSA) is 82.7 Å². The maximum Gasteiger partial charge on any atom is 0.418 e. The van der Waals surface area contributed by atoms with Crippen LogP contribution in [0.1, 0.15) is 49.6 Å². The number of pyridine rings is 1. The fourth-order valence-electron chi connectivity index (χ4n) is 4.11. The highest BCUT2D eigenvalue weighted by Crippen LogP contribution is 2.41. The number of benzene rings is 1. The van der Waals surface area contributed by atoms with Crippen molar-refractivity contribution in [2.45, 2.75) is 71.0 Å². The first-order valence-electron chi connectivity index (χ1n) is 13.5. The molecule has 1 aromatic carbocycles. The highest BCUT2D eigenvalue weighted by Gasteiger charge is 2.39. The Morgan fingerprint density at radius 1 is 0.930 bits per heavy atom. The van der Waals surface area contributed by atoms with Crippen LogP contribution in [-0.2, 0) is 23.2 Å². The van der Waals surface area contributed by atoms with E-state index in [0.29, 0.717) is 48.3 Å². The Kier molecular flexibility index (Phi) is 8.80. The molecule has 1 N–H and O–H groups in total. The first-order chi connectivity index (χ1) is 19.9. The van der Waals surface area contributed by atoms with Crippen molar-refractivity contribution in [3.63, 3.8) is 0 Å². The number of hydrogen-bond acceptors (Lipinski definition) is 6. The largest absolute Gasteiger partial charge is 0.418 e. The summed E-state index contributed by atoms with van der Waals surface area (Å²) in [5, 5.41) is 15.4. The molecule has 0 fully saturated rings. The van der Waals surface area contributed by atoms with Gasteiger partial charge >= 0.3 is 12.4 Å². The second-order valence-corrected chi connectivity index (χ2v) is 16.4. The smallest absolute Gasteiger partial charge is 0.417 e. The molecule has 0 spiro atoms. The Bertz CT molecular complexity index is 1560. The van der Waals surface area contributed by atoms with Gasteiger partial charge in [0.25, 0.3) is 0 Å². The molecule has 0 amide bonds. The number of nitrogens with zero attached hydrogens (tertiary/aromatic N) is 6. The van der Waals surface area contributed by atoms with Crippen LogP contribution in [0.25, 0.3) is 11.5 Å². The lowest BCUT2D eigenvalue weighted by molar-refractivity contribution is -0.142. The van der Waals surface area contributed by atoms with E-state index in [9.17, 15) is 26.3 Å². The summed E-state index contributed by atoms with van der Waals surface area (Å²) in [5.41, 5.74) is -1.91. The molecule has 0 aliphatic rings. The molecule has 0 atom stereocenters. The molecule has 232 valence electrons. The SMILES string of the molecule is Cc1cc(-n2ccc(-n3nccn3)n2)c(CCCO[Si](C)(C)C(C)(C)C)c(Nc2ccc(C(F)(F)F)cc2C(F)(F)F)n1. The van der Waals surface area contributed by atoms with Crippen LogP contribution in [-0.4, -0.2) is 44.7 Å². The maximum absolute atomic E-state index is 14.0. The minimum absolute atomic E-state index is 0.0150. The van der Waals surface area contributed by atoms with Crippen LogP contribution in [0, 0.1) is 6.92 Å². The van der Waals surface area contributed by atoms with Crippen LogP contribution in [0.4, 0.5) is 37.8 Å². The second-order valence-electron chi connectivity index (χ2n) is 11.6. The van der Waals surface area contributed by atoms with E-state index < -0.39 is 37.5 Å². The fourth-order valence-corrected chi connectivity index (χ4v) is 5.20. The van der Waals surface area contributed by atoms with E-state index in [1.165, 1.54) is 17.2 Å². The van der Waals surface area contributed by atoms with Gasteiger partial charge in [0, 0.05) is 30.1 Å². The van der Waals surface area contributed by atoms with E-state index in [-0.39, 0.29) is 16.9 Å². The summed E-state index contributed by atoms with van der Waals surface area (Å²) in [6.45, 7) is 12.7. The van der Waals surface area contributed by atoms with Crippen LogP contribution in [0.15, 0.2) is 48.9 Å². The third-order valence-electron chi connectivity index (χ3n) is 7.42. The molecule has 8 nitrogen and oxygen atoms in total. The summed E-state index contributed by atoms with van der Waals surface area (Å²) in [7, 11) is -2.06. The molecule has 0 bridgehead atoms. The average molecular weight is 626 g/mol. The van der Waals surface area contributed by atoms with Crippen molar-refractivity contribution in [2.75, 3.05) is 11.9 Å². The highest BCUT2D eigenvalue weighted by molar-refractivity contribution is 6.74. The molecule has 0 saturated heterocycles. The Morgan fingerprint density at radius 2 is 1.60 bits per heavy atom. The number of hydrogen-bond donors (Lipinski definition) is 1. The van der Waals surface area contributed by atoms with E-state index in [1.54, 1.807) is 29.9 Å². The van der Waals surface area contributed by atoms with Gasteiger partial charge in [0.05, 0.1) is 34.9 Å². The van der Waals surface area contributed by atoms with Gasteiger partial charge in [-0.05, 0) is 62.2 Å². The molecule has 0 saturated carbocycles. The molecule has 4 rings (SSSR count). The molecule has 3 aromatic heterocycles. The van der Waals surface area contributed by atoms with E-state index in [4.69, 9.17) is 4.43 Å². The number of alkyl halides is 6. The monoisotopic (exact) mass is 625 g/mol. The summed E-state index contributed by atoms with van der Waals surface area (Å²) in [6.07, 6.45) is -4.51. The minimum Gasteiger partial charge on any atom is -0.417 e. The standard InChI is InChI=1S/C28H33F6N7OSi/c1-18-16-23(40-14-11-24(39-40)41-35-12-13-36-41)20(8-7-15-42-43(5,6)26(2,3)4)25(37-18)38-22-10-9-19(27(29,30)31)17-21(22)28(32,33)34/h9-14,16-17H,7-8,15H2,1-6H3,(H,37,38). The molecular formula is C28H33F6N7OSi. The van der Waals surface area contributed by atoms with Crippen LogP contribution >= 0.6 is 0 Å². The van der Waals surface area contributed by atoms with Gasteiger partial charge in [-0.3, -0.25) is 0 Å². The first-order valence-corrected chi connectivity index (χ1v) is 16.4. The van der Waals surface area contributed by atoms with Crippen molar-refractivity contribution in [3.05, 3.63) is 71.3 Å². The van der Waals surface area contributed by atoms with Crippen LogP contribution < -0.4 is 5.32 Å². The third-order valence-corrected chi connectivity index (χ3v) is 12.0. The summed E-state index contributed by atoms with van der Waals surface area (Å²) < 4.78 is 89.6. The van der Waals surface area contributed by atoms with Crippen molar-refractivity contribution < 1.29 is 30.8 Å². The van der Waals surface area contributed by atoms with Crippen LogP contribution in [0.2, 0.25) is 18.1 Å². The third kappa shape index (κ3) is 7.44. The molecule has 3 heterocycles. The predicted molar refractivity (Wildman–Crippen MR) is 152 cm³/mol. The molecule has 0 unspecified atom stereocenters. The summed E-state index contributed by atoms with van der Waals surface area (Å²) >= 11 is 0. The summed E-state index contributed by atoms with van der Waals surface area (Å²) in [6, 6.07) is 4.89. The Labute approximate surface area is 246 Å². The zero-order chi connectivity index (χ0) is 31.8. The zero-order valence-electron chi connectivity index (χ0n) is 24.6. The Hall–Kier alpha value is -3.72. The van der Waals surface area contributed by atoms with Gasteiger partial charge < -0.3 is 9.74 Å². The van der Waals surface area contributed by atoms with Crippen molar-refractivity contribution in [3.8, 4) is 11.5 Å². The van der Waals surface area contributed by atoms with Gasteiger partial charge in [-0.15, -0.1) is 9.90 Å². The van der Waals surface area contributed by atoms with Crippen molar-refractivity contribution in [2.24, 2.45) is 0 Å². The Balaban J connectivity index is 1.76. The van der Waals surface area contributed by atoms with Gasteiger partial charge in [0.15, 0.2) is 14.1 Å². The zero-order valence-corrected chi connectivity index (χ0v) is 25.6. The van der Waals surface area contributed by atoms with E-state index in [2.05, 4.69) is 59.5 Å². The first kappa shape index (κ1) is 32.2. The van der Waals surface area contributed by atoms with Crippen LogP contribution in [0.3, 0.4) is 0 Å². The molecule has 4 aromatic rings. The second kappa shape index (κ2) is 11.8. The lowest BCUT2D eigenvalue weighted by Crippen LogP contribution is -2.41. The molecule has 0 radical (unpaired) electrons. The molecular weight excluding hydrogens is 592 g/mol. The van der Waals surface area contributed by atoms with Gasteiger partial charge in [-0.2, -0.15) is 36.5 Å². The number of nitrogens with one attached hydrogen (secondary N) is 1. The lowest BCUT2D eigenvalue weighted by Gasteiger charge is -2.36. The van der Waals surface area contributed by atoms with Crippen molar-refractivity contribution in [1.29, 1.82) is 0 Å². The molecule has 0 aliphatic heterocycles. The number of anilines is 2. The normalized spacial score (nSPS) is 13.0. The molecule has 43 heavy (non-hydrogen) atoms. The summed E-state index contributed by atoms with van der Waals surface area (Å²) in [4.78, 5) is 5.78. The summed E-state index contributed by atoms with van der Waals surface area (Å²) in [5.74, 6) is 0.477. The number of rotatable bonds is 9. The quantitative estimate of drug-likeness (QED) is 0.116. The molecule has 15 heteroatoms. The number of halogens is 6. The van der Waals surface area contributed by atoms with E-state index in [1.807, 2.05) is 0 Å². The van der Waals surface area contributed by atoms with Crippen molar-refractivity contribution >= 4 is 19.8 Å². The van der Waals surface area contributed by atoms with E-state index >= 15 is 0 Å². The minimum atomic E-state index is -5.05. The van der Waals surface area contributed by atoms with Gasteiger partial charge in [0.2, 0.25) is 0 Å². The van der Waals surface area contributed by atoms with E-state index in [0.717, 1.165) is 6.07 Å². The number of aryl methyl sites for hydroxylation is 1.